The Bertz CT molecular complexity index is 2100. The number of hydrogen-bond donors (Lipinski definition) is 0. The van der Waals surface area contributed by atoms with Crippen molar-refractivity contribution < 1.29 is 25.9 Å². The second-order valence-electron chi connectivity index (χ2n) is 21.4. The zero-order valence-electron chi connectivity index (χ0n) is 47.0. The Kier molecular flexibility index (Phi) is 38.9. The van der Waals surface area contributed by atoms with Gasteiger partial charge in [-0.2, -0.15) is 0 Å². The number of aryl methyl sites for hydroxylation is 4. The Morgan fingerprint density at radius 2 is 0.507 bits per heavy atom. The molecule has 0 N–H and O–H groups in total. The number of unbranched alkanes of at least 4 members (excludes halogenated alkanes) is 32. The van der Waals surface area contributed by atoms with Crippen LogP contribution in [0.15, 0.2) is 70.5 Å². The van der Waals surface area contributed by atoms with Crippen molar-refractivity contribution in [2.75, 3.05) is 0 Å². The van der Waals surface area contributed by atoms with E-state index in [0.717, 1.165) is 86.1 Å². The van der Waals surface area contributed by atoms with Crippen LogP contribution in [0.1, 0.15) is 281 Å². The van der Waals surface area contributed by atoms with Crippen LogP contribution in [0.5, 0.6) is 0 Å². The minimum Gasteiger partial charge on any atom is -0.744 e. The third-order valence-electron chi connectivity index (χ3n) is 15.0. The van der Waals surface area contributed by atoms with Crippen LogP contribution in [-0.2, 0) is 45.9 Å². The van der Waals surface area contributed by atoms with E-state index >= 15 is 0 Å². The van der Waals surface area contributed by atoms with E-state index in [0.29, 0.717) is 34.7 Å². The number of fused-ring (bicyclic) bond motifs is 2. The summed E-state index contributed by atoms with van der Waals surface area (Å²) in [5, 5.41) is 3.10. The SMILES string of the molecule is CCCCCCCCCCCc1ccc2cccc(CCCCCCCCCCC)c2c1S(=O)(=O)[O-].CCCCCCCCCCCc1ccc2cccc(CCCCCCCCCCC)c2c1S(=O)(=O)[O-].[Ba+2]. The molecule has 73 heavy (non-hydrogen) atoms. The molecule has 0 heterocycles. The Labute approximate surface area is 489 Å². The Hall–Kier alpha value is -1.21. The first-order valence-corrected chi connectivity index (χ1v) is 32.8. The van der Waals surface area contributed by atoms with Crippen LogP contribution in [0, 0.1) is 0 Å². The van der Waals surface area contributed by atoms with E-state index < -0.39 is 20.2 Å². The van der Waals surface area contributed by atoms with E-state index in [1.807, 2.05) is 60.7 Å². The molecule has 0 saturated carbocycles. The molecule has 0 bridgehead atoms. The molecule has 0 aromatic heterocycles. The molecule has 9 heteroatoms. The van der Waals surface area contributed by atoms with Crippen LogP contribution < -0.4 is 0 Å². The number of hydrogen-bond acceptors (Lipinski definition) is 6. The molecular formula is C64H102BaO6S2. The second kappa shape index (κ2) is 41.8. The second-order valence-corrected chi connectivity index (χ2v) is 24.0. The van der Waals surface area contributed by atoms with Gasteiger partial charge in [-0.3, -0.25) is 0 Å². The van der Waals surface area contributed by atoms with E-state index in [2.05, 4.69) is 27.7 Å². The minimum absolute atomic E-state index is 0. The fraction of sp³-hybridized carbons (Fsp3) is 0.688. The molecule has 0 aliphatic heterocycles. The third-order valence-corrected chi connectivity index (χ3v) is 17.0. The maximum atomic E-state index is 12.4. The van der Waals surface area contributed by atoms with E-state index in [9.17, 15) is 25.9 Å². The van der Waals surface area contributed by atoms with Gasteiger partial charge in [0.15, 0.2) is 0 Å². The molecule has 0 amide bonds. The summed E-state index contributed by atoms with van der Waals surface area (Å²) in [7, 11) is -9.09. The summed E-state index contributed by atoms with van der Waals surface area (Å²) < 4.78 is 74.7. The van der Waals surface area contributed by atoms with E-state index in [4.69, 9.17) is 0 Å². The molecule has 0 saturated heterocycles. The topological polar surface area (TPSA) is 114 Å². The monoisotopic (exact) mass is 1170 g/mol. The van der Waals surface area contributed by atoms with Gasteiger partial charge >= 0.3 is 48.9 Å². The van der Waals surface area contributed by atoms with Gasteiger partial charge in [0.2, 0.25) is 0 Å². The molecule has 4 aromatic rings. The summed E-state index contributed by atoms with van der Waals surface area (Å²) in [5.41, 5.74) is 3.44. The molecule has 0 atom stereocenters. The predicted octanol–water partition coefficient (Wildman–Crippen LogP) is 19.4. The number of rotatable bonds is 42. The molecule has 6 nitrogen and oxygen atoms in total. The molecule has 4 rings (SSSR count). The van der Waals surface area contributed by atoms with Crippen molar-refractivity contribution >= 4 is 90.7 Å². The summed E-state index contributed by atoms with van der Waals surface area (Å²) in [5.74, 6) is 0. The fourth-order valence-electron chi connectivity index (χ4n) is 10.8. The van der Waals surface area contributed by atoms with Crippen molar-refractivity contribution in [2.45, 2.75) is 294 Å². The van der Waals surface area contributed by atoms with Gasteiger partial charge in [-0.15, -0.1) is 0 Å². The van der Waals surface area contributed by atoms with Crippen molar-refractivity contribution in [1.29, 1.82) is 0 Å². The summed E-state index contributed by atoms with van der Waals surface area (Å²) in [4.78, 5) is 0.0946. The maximum Gasteiger partial charge on any atom is 2.00 e. The molecule has 0 aliphatic rings. The minimum atomic E-state index is -4.54. The molecule has 0 unspecified atom stereocenters. The van der Waals surface area contributed by atoms with Gasteiger partial charge < -0.3 is 9.11 Å². The Morgan fingerprint density at radius 3 is 0.740 bits per heavy atom. The summed E-state index contributed by atoms with van der Waals surface area (Å²) in [6, 6.07) is 19.7. The van der Waals surface area contributed by atoms with Crippen LogP contribution in [0.3, 0.4) is 0 Å². The largest absolute Gasteiger partial charge is 2.00 e. The quantitative estimate of drug-likeness (QED) is 0.0248. The maximum absolute atomic E-state index is 12.4. The van der Waals surface area contributed by atoms with Gasteiger partial charge in [0.25, 0.3) is 0 Å². The normalized spacial score (nSPS) is 11.8. The van der Waals surface area contributed by atoms with Crippen molar-refractivity contribution in [3.8, 4) is 0 Å². The van der Waals surface area contributed by atoms with Crippen molar-refractivity contribution in [2.24, 2.45) is 0 Å². The first-order chi connectivity index (χ1) is 35.0. The molecule has 408 valence electrons. The molecule has 0 spiro atoms. The first kappa shape index (κ1) is 67.9. The smallest absolute Gasteiger partial charge is 0.744 e. The van der Waals surface area contributed by atoms with Crippen molar-refractivity contribution in [1.82, 2.24) is 0 Å². The molecule has 0 radical (unpaired) electrons. The Balaban J connectivity index is 0.000000493. The fourth-order valence-corrected chi connectivity index (χ4v) is 12.8. The van der Waals surface area contributed by atoms with Gasteiger partial charge in [0.1, 0.15) is 20.2 Å². The zero-order chi connectivity index (χ0) is 52.1. The van der Waals surface area contributed by atoms with Gasteiger partial charge in [-0.1, -0.05) is 294 Å². The average molecular weight is 1170 g/mol. The Morgan fingerprint density at radius 1 is 0.288 bits per heavy atom. The molecule has 0 aliphatic carbocycles. The van der Waals surface area contributed by atoms with E-state index in [1.54, 1.807) is 0 Å². The molecule has 4 aromatic carbocycles. The standard InChI is InChI=1S/2C32H52O3S.Ba/c2*1-3-5-7-9-11-13-15-17-19-22-28-24-21-25-29-26-27-30(32(31(28)29)36(33,34)35)23-20-18-16-14-12-10-8-6-4-2;/h2*21,24-27H,3-20,22-23H2,1-2H3,(H,33,34,35);/q;;+2/p-2. The van der Waals surface area contributed by atoms with Gasteiger partial charge in [0, 0.05) is 10.8 Å². The van der Waals surface area contributed by atoms with Gasteiger partial charge in [-0.25, -0.2) is 16.8 Å². The van der Waals surface area contributed by atoms with Crippen LogP contribution in [-0.4, -0.2) is 74.8 Å². The third kappa shape index (κ3) is 28.3. The molecule has 0 fully saturated rings. The first-order valence-electron chi connectivity index (χ1n) is 30.0. The predicted molar refractivity (Wildman–Crippen MR) is 313 cm³/mol. The van der Waals surface area contributed by atoms with E-state index in [1.165, 1.54) is 180 Å². The van der Waals surface area contributed by atoms with Gasteiger partial charge in [0.05, 0.1) is 9.79 Å². The summed E-state index contributed by atoms with van der Waals surface area (Å²) >= 11 is 0. The zero-order valence-corrected chi connectivity index (χ0v) is 53.1. The average Bonchev–Trinajstić information content (AvgIpc) is 3.36. The van der Waals surface area contributed by atoms with Crippen molar-refractivity contribution in [3.63, 3.8) is 0 Å². The van der Waals surface area contributed by atoms with Crippen LogP contribution >= 0.6 is 0 Å². The summed E-state index contributed by atoms with van der Waals surface area (Å²) in [6.07, 6.45) is 47.6. The van der Waals surface area contributed by atoms with Crippen molar-refractivity contribution in [3.05, 3.63) is 82.9 Å². The van der Waals surface area contributed by atoms with Crippen LogP contribution in [0.4, 0.5) is 0 Å². The summed E-state index contributed by atoms with van der Waals surface area (Å²) in [6.45, 7) is 8.97. The van der Waals surface area contributed by atoms with Crippen LogP contribution in [0.25, 0.3) is 21.5 Å². The van der Waals surface area contributed by atoms with Crippen LogP contribution in [0.2, 0.25) is 0 Å². The number of benzene rings is 4. The van der Waals surface area contributed by atoms with Gasteiger partial charge in [-0.05, 0) is 84.4 Å². The van der Waals surface area contributed by atoms with E-state index in [-0.39, 0.29) is 58.7 Å². The molecular weight excluding hydrogens is 1070 g/mol.